The second kappa shape index (κ2) is 9.37. The van der Waals surface area contributed by atoms with Gasteiger partial charge in [-0.25, -0.2) is 9.97 Å². The van der Waals surface area contributed by atoms with Crippen LogP contribution in [0.1, 0.15) is 31.3 Å². The van der Waals surface area contributed by atoms with Crippen LogP contribution in [0.4, 0.5) is 5.82 Å². The first-order valence-corrected chi connectivity index (χ1v) is 10.5. The van der Waals surface area contributed by atoms with Crippen molar-refractivity contribution in [2.45, 2.75) is 26.7 Å². The minimum atomic E-state index is -0.109. The van der Waals surface area contributed by atoms with Gasteiger partial charge in [-0.3, -0.25) is 4.79 Å². The van der Waals surface area contributed by atoms with Gasteiger partial charge in [0.25, 0.3) is 5.91 Å². The molecule has 2 aromatic rings. The molecule has 0 bridgehead atoms. The second-order valence-electron chi connectivity index (χ2n) is 7.23. The van der Waals surface area contributed by atoms with E-state index in [9.17, 15) is 4.79 Å². The molecule has 1 aliphatic heterocycles. The van der Waals surface area contributed by atoms with E-state index in [2.05, 4.69) is 28.7 Å². The van der Waals surface area contributed by atoms with Crippen molar-refractivity contribution < 1.29 is 9.53 Å². The molecule has 0 unspecified atom stereocenters. The lowest BCUT2D eigenvalue weighted by Gasteiger charge is -2.35. The van der Waals surface area contributed by atoms with Gasteiger partial charge in [0.2, 0.25) is 0 Å². The van der Waals surface area contributed by atoms with E-state index in [1.807, 2.05) is 13.0 Å². The summed E-state index contributed by atoms with van der Waals surface area (Å²) in [4.78, 5) is 25.7. The number of piperazine rings is 1. The van der Waals surface area contributed by atoms with E-state index >= 15 is 0 Å². The monoisotopic (exact) mass is 456 g/mol. The van der Waals surface area contributed by atoms with Crippen LogP contribution in [0.5, 0.6) is 5.75 Å². The van der Waals surface area contributed by atoms with Crippen molar-refractivity contribution >= 4 is 46.5 Å². The molecule has 1 fully saturated rings. The molecule has 1 aliphatic rings. The maximum absolute atomic E-state index is 12.5. The van der Waals surface area contributed by atoms with Gasteiger partial charge in [-0.1, -0.05) is 48.7 Å². The highest BCUT2D eigenvalue weighted by Gasteiger charge is 2.23. The number of carbonyl (C=O) groups excluding carboxylic acids is 1. The molecule has 2 heterocycles. The average Bonchev–Trinajstić information content (AvgIpc) is 2.69. The predicted octanol–water partition coefficient (Wildman–Crippen LogP) is 4.60. The lowest BCUT2D eigenvalue weighted by atomic mass is 10.2. The summed E-state index contributed by atoms with van der Waals surface area (Å²) in [5.74, 6) is 2.25. The Morgan fingerprint density at radius 3 is 2.34 bits per heavy atom. The minimum Gasteiger partial charge on any atom is -0.482 e. The summed E-state index contributed by atoms with van der Waals surface area (Å²) >= 11 is 18.0. The molecular formula is C20H23Cl3N4O2. The topological polar surface area (TPSA) is 58.6 Å². The molecule has 0 saturated carbocycles. The number of ether oxygens (including phenoxy) is 1. The van der Waals surface area contributed by atoms with Gasteiger partial charge in [0, 0.05) is 49.9 Å². The fourth-order valence-corrected chi connectivity index (χ4v) is 3.62. The zero-order valence-corrected chi connectivity index (χ0v) is 18.9. The fourth-order valence-electron chi connectivity index (χ4n) is 3.03. The summed E-state index contributed by atoms with van der Waals surface area (Å²) in [7, 11) is 0. The molecule has 6 nitrogen and oxygen atoms in total. The van der Waals surface area contributed by atoms with Crippen LogP contribution in [0.3, 0.4) is 0 Å². The van der Waals surface area contributed by atoms with E-state index in [0.717, 1.165) is 17.3 Å². The van der Waals surface area contributed by atoms with Crippen LogP contribution >= 0.6 is 34.8 Å². The normalized spacial score (nSPS) is 14.4. The molecule has 0 atom stereocenters. The van der Waals surface area contributed by atoms with Crippen LogP contribution in [-0.4, -0.2) is 53.6 Å². The Bertz CT molecular complexity index is 900. The van der Waals surface area contributed by atoms with E-state index in [-0.39, 0.29) is 18.4 Å². The van der Waals surface area contributed by atoms with Crippen LogP contribution < -0.4 is 9.64 Å². The number of halogens is 3. The van der Waals surface area contributed by atoms with Gasteiger partial charge < -0.3 is 14.5 Å². The number of rotatable bonds is 5. The molecule has 1 aromatic carbocycles. The highest BCUT2D eigenvalue weighted by Crippen LogP contribution is 2.33. The second-order valence-corrected chi connectivity index (χ2v) is 8.46. The number of amides is 1. The van der Waals surface area contributed by atoms with Crippen LogP contribution in [0.25, 0.3) is 0 Å². The van der Waals surface area contributed by atoms with E-state index in [1.165, 1.54) is 12.1 Å². The third-order valence-corrected chi connectivity index (χ3v) is 5.67. The number of hydrogen-bond donors (Lipinski definition) is 0. The maximum Gasteiger partial charge on any atom is 0.260 e. The standard InChI is InChI=1S/C20H23Cl3N4O2/c1-12(2)20-24-13(3)8-18(25-20)26-4-6-27(7-5-26)19(28)11-29-17-10-15(22)14(21)9-16(17)23/h8-10,12H,4-7,11H2,1-3H3. The van der Waals surface area contributed by atoms with Crippen molar-refractivity contribution in [3.8, 4) is 5.75 Å². The number of aryl methyl sites for hydroxylation is 1. The first kappa shape index (κ1) is 21.9. The molecule has 156 valence electrons. The first-order valence-electron chi connectivity index (χ1n) is 9.40. The van der Waals surface area contributed by atoms with Crippen molar-refractivity contribution in [1.82, 2.24) is 14.9 Å². The largest absolute Gasteiger partial charge is 0.482 e. The van der Waals surface area contributed by atoms with Crippen LogP contribution in [0, 0.1) is 6.92 Å². The molecule has 1 amide bonds. The minimum absolute atomic E-state index is 0.103. The van der Waals surface area contributed by atoms with Crippen LogP contribution in [0.2, 0.25) is 15.1 Å². The molecule has 0 radical (unpaired) electrons. The number of nitrogens with zero attached hydrogens (tertiary/aromatic N) is 4. The SMILES string of the molecule is Cc1cc(N2CCN(C(=O)COc3cc(Cl)c(Cl)cc3Cl)CC2)nc(C(C)C)n1. The summed E-state index contributed by atoms with van der Waals surface area (Å²) < 4.78 is 5.56. The number of carbonyl (C=O) groups is 1. The molecule has 3 rings (SSSR count). The maximum atomic E-state index is 12.5. The van der Waals surface area contributed by atoms with Gasteiger partial charge in [0.15, 0.2) is 6.61 Å². The van der Waals surface area contributed by atoms with Gasteiger partial charge in [0.05, 0.1) is 15.1 Å². The van der Waals surface area contributed by atoms with Gasteiger partial charge in [-0.05, 0) is 13.0 Å². The Kier molecular flexibility index (Phi) is 7.09. The molecular weight excluding hydrogens is 435 g/mol. The zero-order valence-electron chi connectivity index (χ0n) is 16.6. The summed E-state index contributed by atoms with van der Waals surface area (Å²) in [6.45, 7) is 8.62. The smallest absolute Gasteiger partial charge is 0.260 e. The van der Waals surface area contributed by atoms with Crippen molar-refractivity contribution in [3.63, 3.8) is 0 Å². The van der Waals surface area contributed by atoms with E-state index < -0.39 is 0 Å². The molecule has 0 spiro atoms. The van der Waals surface area contributed by atoms with Crippen molar-refractivity contribution in [3.05, 3.63) is 44.8 Å². The number of aromatic nitrogens is 2. The van der Waals surface area contributed by atoms with Gasteiger partial charge in [-0.2, -0.15) is 0 Å². The van der Waals surface area contributed by atoms with E-state index in [4.69, 9.17) is 39.5 Å². The molecule has 1 saturated heterocycles. The molecule has 29 heavy (non-hydrogen) atoms. The van der Waals surface area contributed by atoms with E-state index in [0.29, 0.717) is 47.0 Å². The first-order chi connectivity index (χ1) is 13.7. The van der Waals surface area contributed by atoms with Gasteiger partial charge >= 0.3 is 0 Å². The highest BCUT2D eigenvalue weighted by molar-refractivity contribution is 6.43. The molecule has 0 aliphatic carbocycles. The average molecular weight is 458 g/mol. The predicted molar refractivity (Wildman–Crippen MR) is 117 cm³/mol. The summed E-state index contributed by atoms with van der Waals surface area (Å²) in [5, 5.41) is 0.984. The lowest BCUT2D eigenvalue weighted by Crippen LogP contribution is -2.50. The highest BCUT2D eigenvalue weighted by atomic mass is 35.5. The Balaban J connectivity index is 1.57. The Morgan fingerprint density at radius 2 is 1.69 bits per heavy atom. The van der Waals surface area contributed by atoms with Gasteiger partial charge in [0.1, 0.15) is 17.4 Å². The fraction of sp³-hybridized carbons (Fsp3) is 0.450. The Labute approximate surface area is 185 Å². The van der Waals surface area contributed by atoms with Crippen LogP contribution in [-0.2, 0) is 4.79 Å². The number of anilines is 1. The van der Waals surface area contributed by atoms with Crippen LogP contribution in [0.15, 0.2) is 18.2 Å². The molecule has 0 N–H and O–H groups in total. The summed E-state index contributed by atoms with van der Waals surface area (Å²) in [6, 6.07) is 5.00. The lowest BCUT2D eigenvalue weighted by molar-refractivity contribution is -0.133. The number of benzene rings is 1. The third kappa shape index (κ3) is 5.44. The van der Waals surface area contributed by atoms with E-state index in [1.54, 1.807) is 4.90 Å². The zero-order chi connectivity index (χ0) is 21.1. The Hall–Kier alpha value is -1.76. The molecule has 9 heteroatoms. The third-order valence-electron chi connectivity index (χ3n) is 4.66. The summed E-state index contributed by atoms with van der Waals surface area (Å²) in [5.41, 5.74) is 0.948. The molecule has 1 aromatic heterocycles. The number of hydrogen-bond acceptors (Lipinski definition) is 5. The van der Waals surface area contributed by atoms with Crippen molar-refractivity contribution in [1.29, 1.82) is 0 Å². The summed E-state index contributed by atoms with van der Waals surface area (Å²) in [6.07, 6.45) is 0. The van der Waals surface area contributed by atoms with Crippen molar-refractivity contribution in [2.24, 2.45) is 0 Å². The quantitative estimate of drug-likeness (QED) is 0.614. The van der Waals surface area contributed by atoms with Gasteiger partial charge in [-0.15, -0.1) is 0 Å². The van der Waals surface area contributed by atoms with Crippen molar-refractivity contribution in [2.75, 3.05) is 37.7 Å². The Morgan fingerprint density at radius 1 is 1.03 bits per heavy atom.